The van der Waals surface area contributed by atoms with Crippen molar-refractivity contribution < 1.29 is 4.79 Å². The van der Waals surface area contributed by atoms with Crippen molar-refractivity contribution in [3.63, 3.8) is 0 Å². The molecule has 1 fully saturated rings. The minimum Gasteiger partial charge on any atom is -0.307 e. The molecule has 0 aromatic heterocycles. The smallest absolute Gasteiger partial charge is 0.152 e. The zero-order chi connectivity index (χ0) is 8.97. The molecule has 0 aromatic rings. The van der Waals surface area contributed by atoms with E-state index in [1.807, 2.05) is 0 Å². The number of hydrogen-bond acceptors (Lipinski definition) is 2. The molecule has 1 rings (SSSR count). The van der Waals surface area contributed by atoms with Gasteiger partial charge in [0, 0.05) is 5.92 Å². The van der Waals surface area contributed by atoms with Gasteiger partial charge in [-0.05, 0) is 32.2 Å². The molecule has 0 aliphatic carbocycles. The second-order valence-corrected chi connectivity index (χ2v) is 3.56. The van der Waals surface area contributed by atoms with E-state index in [1.54, 1.807) is 0 Å². The van der Waals surface area contributed by atoms with Crippen LogP contribution in [-0.2, 0) is 4.79 Å². The lowest BCUT2D eigenvalue weighted by atomic mass is 9.92. The SMILES string of the molecule is CCC(CC)C(=O)C1CCCN1. The van der Waals surface area contributed by atoms with Gasteiger partial charge in [0.15, 0.2) is 5.78 Å². The first-order chi connectivity index (χ1) is 5.79. The minimum absolute atomic E-state index is 0.176. The van der Waals surface area contributed by atoms with Gasteiger partial charge in [0.2, 0.25) is 0 Å². The monoisotopic (exact) mass is 169 g/mol. The van der Waals surface area contributed by atoms with Crippen molar-refractivity contribution in [3.05, 3.63) is 0 Å². The van der Waals surface area contributed by atoms with E-state index in [9.17, 15) is 4.79 Å². The highest BCUT2D eigenvalue weighted by Gasteiger charge is 2.26. The molecule has 1 atom stereocenters. The van der Waals surface area contributed by atoms with Gasteiger partial charge in [-0.25, -0.2) is 0 Å². The second kappa shape index (κ2) is 4.61. The molecule has 1 heterocycles. The van der Waals surface area contributed by atoms with Crippen molar-refractivity contribution in [2.24, 2.45) is 5.92 Å². The Morgan fingerprint density at radius 2 is 2.17 bits per heavy atom. The van der Waals surface area contributed by atoms with Crippen LogP contribution in [0, 0.1) is 5.92 Å². The van der Waals surface area contributed by atoms with Crippen molar-refractivity contribution in [1.29, 1.82) is 0 Å². The van der Waals surface area contributed by atoms with Crippen LogP contribution in [0.2, 0.25) is 0 Å². The first-order valence-corrected chi connectivity index (χ1v) is 5.06. The Bertz CT molecular complexity index is 142. The van der Waals surface area contributed by atoms with E-state index in [1.165, 1.54) is 0 Å². The van der Waals surface area contributed by atoms with Gasteiger partial charge in [-0.15, -0.1) is 0 Å². The summed E-state index contributed by atoms with van der Waals surface area (Å²) in [6.07, 6.45) is 4.20. The summed E-state index contributed by atoms with van der Waals surface area (Å²) in [6, 6.07) is 0.176. The van der Waals surface area contributed by atoms with Gasteiger partial charge < -0.3 is 5.32 Å². The Kier molecular flexibility index (Phi) is 3.73. The maximum absolute atomic E-state index is 11.7. The number of nitrogens with one attached hydrogen (secondary N) is 1. The van der Waals surface area contributed by atoms with Crippen molar-refractivity contribution in [2.75, 3.05) is 6.54 Å². The van der Waals surface area contributed by atoms with Crippen LogP contribution in [0.25, 0.3) is 0 Å². The van der Waals surface area contributed by atoms with E-state index >= 15 is 0 Å². The van der Waals surface area contributed by atoms with E-state index in [-0.39, 0.29) is 6.04 Å². The molecule has 70 valence electrons. The van der Waals surface area contributed by atoms with Crippen LogP contribution in [0.1, 0.15) is 39.5 Å². The standard InChI is InChI=1S/C10H19NO/c1-3-8(4-2)10(12)9-6-5-7-11-9/h8-9,11H,3-7H2,1-2H3. The lowest BCUT2D eigenvalue weighted by Gasteiger charge is -2.16. The fraction of sp³-hybridized carbons (Fsp3) is 0.900. The van der Waals surface area contributed by atoms with Crippen molar-refractivity contribution in [3.8, 4) is 0 Å². The fourth-order valence-corrected chi connectivity index (χ4v) is 1.90. The summed E-state index contributed by atoms with van der Waals surface area (Å²) in [5, 5.41) is 3.26. The van der Waals surface area contributed by atoms with Crippen molar-refractivity contribution in [2.45, 2.75) is 45.6 Å². The normalized spacial score (nSPS) is 23.4. The summed E-state index contributed by atoms with van der Waals surface area (Å²) in [6.45, 7) is 5.22. The summed E-state index contributed by atoms with van der Waals surface area (Å²) in [4.78, 5) is 11.7. The molecule has 1 N–H and O–H groups in total. The summed E-state index contributed by atoms with van der Waals surface area (Å²) in [5.41, 5.74) is 0. The highest BCUT2D eigenvalue weighted by molar-refractivity contribution is 5.86. The topological polar surface area (TPSA) is 29.1 Å². The molecule has 0 amide bonds. The summed E-state index contributed by atoms with van der Waals surface area (Å²) < 4.78 is 0. The summed E-state index contributed by atoms with van der Waals surface area (Å²) in [5.74, 6) is 0.734. The average molecular weight is 169 g/mol. The molecule has 0 spiro atoms. The lowest BCUT2D eigenvalue weighted by molar-refractivity contribution is -0.124. The number of carbonyl (C=O) groups excluding carboxylic acids is 1. The Balaban J connectivity index is 2.43. The molecule has 12 heavy (non-hydrogen) atoms. The molecule has 1 saturated heterocycles. The Labute approximate surface area is 74.7 Å². The Hall–Kier alpha value is -0.370. The largest absolute Gasteiger partial charge is 0.307 e. The predicted octanol–water partition coefficient (Wildman–Crippen LogP) is 1.74. The Morgan fingerprint density at radius 3 is 2.58 bits per heavy atom. The van der Waals surface area contributed by atoms with E-state index < -0.39 is 0 Å². The molecule has 0 bridgehead atoms. The molecule has 1 aliphatic rings. The van der Waals surface area contributed by atoms with Crippen LogP contribution in [0.5, 0.6) is 0 Å². The third kappa shape index (κ3) is 2.07. The van der Waals surface area contributed by atoms with Gasteiger partial charge in [-0.1, -0.05) is 13.8 Å². The molecule has 0 saturated carbocycles. The van der Waals surface area contributed by atoms with Crippen LogP contribution in [-0.4, -0.2) is 18.4 Å². The number of ketones is 1. The fourth-order valence-electron chi connectivity index (χ4n) is 1.90. The number of carbonyl (C=O) groups is 1. The Morgan fingerprint density at radius 1 is 1.50 bits per heavy atom. The van der Waals surface area contributed by atoms with Gasteiger partial charge in [-0.3, -0.25) is 4.79 Å². The minimum atomic E-state index is 0.176. The van der Waals surface area contributed by atoms with Gasteiger partial charge in [0.05, 0.1) is 6.04 Å². The van der Waals surface area contributed by atoms with E-state index in [0.29, 0.717) is 11.7 Å². The lowest BCUT2D eigenvalue weighted by Crippen LogP contribution is -2.35. The van der Waals surface area contributed by atoms with Gasteiger partial charge in [0.1, 0.15) is 0 Å². The average Bonchev–Trinajstić information content (AvgIpc) is 2.58. The molecule has 0 radical (unpaired) electrons. The quantitative estimate of drug-likeness (QED) is 0.694. The van der Waals surface area contributed by atoms with Crippen LogP contribution in [0.3, 0.4) is 0 Å². The van der Waals surface area contributed by atoms with Gasteiger partial charge in [-0.2, -0.15) is 0 Å². The van der Waals surface area contributed by atoms with Crippen LogP contribution < -0.4 is 5.32 Å². The molecule has 1 unspecified atom stereocenters. The summed E-state index contributed by atoms with van der Waals surface area (Å²) in [7, 11) is 0. The molecule has 2 nitrogen and oxygen atoms in total. The number of Topliss-reactive ketones (excluding diaryl/α,β-unsaturated/α-hetero) is 1. The first-order valence-electron chi connectivity index (χ1n) is 5.06. The van der Waals surface area contributed by atoms with E-state index in [0.717, 1.165) is 32.2 Å². The third-order valence-electron chi connectivity index (χ3n) is 2.79. The predicted molar refractivity (Wildman–Crippen MR) is 50.1 cm³/mol. The number of hydrogen-bond donors (Lipinski definition) is 1. The molecule has 1 aliphatic heterocycles. The summed E-state index contributed by atoms with van der Waals surface area (Å²) >= 11 is 0. The van der Waals surface area contributed by atoms with E-state index in [4.69, 9.17) is 0 Å². The zero-order valence-electron chi connectivity index (χ0n) is 8.10. The molecule has 0 aromatic carbocycles. The van der Waals surface area contributed by atoms with Gasteiger partial charge >= 0.3 is 0 Å². The first kappa shape index (κ1) is 9.72. The molecule has 2 heteroatoms. The number of rotatable bonds is 4. The van der Waals surface area contributed by atoms with Crippen LogP contribution >= 0.6 is 0 Å². The molecular formula is C10H19NO. The maximum Gasteiger partial charge on any atom is 0.152 e. The zero-order valence-corrected chi connectivity index (χ0v) is 8.10. The van der Waals surface area contributed by atoms with Crippen molar-refractivity contribution >= 4 is 5.78 Å². The third-order valence-corrected chi connectivity index (χ3v) is 2.79. The van der Waals surface area contributed by atoms with E-state index in [2.05, 4.69) is 19.2 Å². The highest BCUT2D eigenvalue weighted by atomic mass is 16.1. The van der Waals surface area contributed by atoms with Gasteiger partial charge in [0.25, 0.3) is 0 Å². The maximum atomic E-state index is 11.7. The van der Waals surface area contributed by atoms with Crippen LogP contribution in [0.4, 0.5) is 0 Å². The highest BCUT2D eigenvalue weighted by Crippen LogP contribution is 2.16. The van der Waals surface area contributed by atoms with Crippen LogP contribution in [0.15, 0.2) is 0 Å². The second-order valence-electron chi connectivity index (χ2n) is 3.56. The molecular weight excluding hydrogens is 150 g/mol. The van der Waals surface area contributed by atoms with Crippen molar-refractivity contribution in [1.82, 2.24) is 5.32 Å².